The van der Waals surface area contributed by atoms with Crippen LogP contribution < -0.4 is 5.32 Å². The molecule has 0 saturated heterocycles. The zero-order valence-corrected chi connectivity index (χ0v) is 9.21. The Morgan fingerprint density at radius 2 is 2.27 bits per heavy atom. The predicted octanol–water partition coefficient (Wildman–Crippen LogP) is 1.18. The number of anilines is 1. The molecule has 0 aliphatic rings. The average Bonchev–Trinajstić information content (AvgIpc) is 2.17. The zero-order chi connectivity index (χ0) is 11.3. The highest BCUT2D eigenvalue weighted by Gasteiger charge is 2.02. The number of hydrogen-bond donors (Lipinski definition) is 2. The molecular formula is C10H13NO3S. The van der Waals surface area contributed by atoms with Crippen LogP contribution in [0.15, 0.2) is 24.3 Å². The van der Waals surface area contributed by atoms with Gasteiger partial charge in [0, 0.05) is 35.0 Å². The molecule has 0 heterocycles. The fourth-order valence-corrected chi connectivity index (χ4v) is 1.49. The molecule has 5 heteroatoms. The zero-order valence-electron chi connectivity index (χ0n) is 8.40. The van der Waals surface area contributed by atoms with Gasteiger partial charge in [-0.1, -0.05) is 6.07 Å². The number of aromatic carboxylic acids is 1. The van der Waals surface area contributed by atoms with Gasteiger partial charge in [-0.25, -0.2) is 4.79 Å². The van der Waals surface area contributed by atoms with Crippen LogP contribution in [-0.4, -0.2) is 33.8 Å². The van der Waals surface area contributed by atoms with Crippen molar-refractivity contribution in [2.24, 2.45) is 0 Å². The van der Waals surface area contributed by atoms with Gasteiger partial charge in [-0.15, -0.1) is 0 Å². The van der Waals surface area contributed by atoms with E-state index in [9.17, 15) is 9.00 Å². The standard InChI is InChI=1S/C10H13NO3S/c1-15(14)6-5-11-9-4-2-3-8(7-9)10(12)13/h2-4,7,11H,5-6H2,1H3,(H,12,13). The van der Waals surface area contributed by atoms with Gasteiger partial charge in [-0.2, -0.15) is 0 Å². The quantitative estimate of drug-likeness (QED) is 0.792. The number of carboxylic acids is 1. The highest BCUT2D eigenvalue weighted by atomic mass is 32.2. The van der Waals surface area contributed by atoms with E-state index < -0.39 is 16.8 Å². The summed E-state index contributed by atoms with van der Waals surface area (Å²) in [6, 6.07) is 6.55. The maximum atomic E-state index is 10.8. The van der Waals surface area contributed by atoms with Crippen molar-refractivity contribution in [1.29, 1.82) is 0 Å². The minimum Gasteiger partial charge on any atom is -0.478 e. The second-order valence-corrected chi connectivity index (χ2v) is 4.64. The van der Waals surface area contributed by atoms with E-state index in [2.05, 4.69) is 5.32 Å². The van der Waals surface area contributed by atoms with Crippen molar-refractivity contribution in [3.8, 4) is 0 Å². The third-order valence-electron chi connectivity index (χ3n) is 1.83. The topological polar surface area (TPSA) is 66.4 Å². The van der Waals surface area contributed by atoms with Crippen LogP contribution in [0.1, 0.15) is 10.4 Å². The van der Waals surface area contributed by atoms with Gasteiger partial charge in [0.25, 0.3) is 0 Å². The van der Waals surface area contributed by atoms with Gasteiger partial charge < -0.3 is 10.4 Å². The Balaban J connectivity index is 2.58. The molecule has 1 atom stereocenters. The molecule has 1 aromatic carbocycles. The Labute approximate surface area is 90.8 Å². The van der Waals surface area contributed by atoms with E-state index in [0.717, 1.165) is 5.69 Å². The molecule has 0 saturated carbocycles. The van der Waals surface area contributed by atoms with Crippen LogP contribution >= 0.6 is 0 Å². The summed E-state index contributed by atoms with van der Waals surface area (Å²) < 4.78 is 10.8. The molecule has 0 radical (unpaired) electrons. The van der Waals surface area contributed by atoms with Crippen molar-refractivity contribution in [3.63, 3.8) is 0 Å². The Kier molecular flexibility index (Phi) is 4.30. The molecule has 0 bridgehead atoms. The molecular weight excluding hydrogens is 214 g/mol. The van der Waals surface area contributed by atoms with E-state index in [1.165, 1.54) is 6.07 Å². The SMILES string of the molecule is CS(=O)CCNc1cccc(C(=O)O)c1. The molecule has 1 unspecified atom stereocenters. The number of carboxylic acid groups (broad SMARTS) is 1. The van der Waals surface area contributed by atoms with Gasteiger partial charge in [0.05, 0.1) is 5.56 Å². The predicted molar refractivity (Wildman–Crippen MR) is 60.8 cm³/mol. The van der Waals surface area contributed by atoms with E-state index in [4.69, 9.17) is 5.11 Å². The molecule has 1 rings (SSSR count). The Morgan fingerprint density at radius 3 is 2.87 bits per heavy atom. The summed E-state index contributed by atoms with van der Waals surface area (Å²) in [7, 11) is -0.832. The molecule has 0 spiro atoms. The number of hydrogen-bond acceptors (Lipinski definition) is 3. The fraction of sp³-hybridized carbons (Fsp3) is 0.300. The van der Waals surface area contributed by atoms with E-state index in [0.29, 0.717) is 12.3 Å². The molecule has 0 aliphatic heterocycles. The van der Waals surface area contributed by atoms with Crippen LogP contribution in [0.2, 0.25) is 0 Å². The maximum absolute atomic E-state index is 10.8. The van der Waals surface area contributed by atoms with Gasteiger partial charge in [-0.3, -0.25) is 4.21 Å². The highest BCUT2D eigenvalue weighted by Crippen LogP contribution is 2.09. The van der Waals surface area contributed by atoms with Crippen molar-refractivity contribution in [2.75, 3.05) is 23.9 Å². The first-order valence-electron chi connectivity index (χ1n) is 4.47. The lowest BCUT2D eigenvalue weighted by molar-refractivity contribution is 0.0697. The molecule has 82 valence electrons. The summed E-state index contributed by atoms with van der Waals surface area (Å²) in [5, 5.41) is 11.8. The number of carbonyl (C=O) groups is 1. The van der Waals surface area contributed by atoms with Crippen molar-refractivity contribution in [3.05, 3.63) is 29.8 Å². The van der Waals surface area contributed by atoms with Crippen LogP contribution in [0.5, 0.6) is 0 Å². The van der Waals surface area contributed by atoms with E-state index in [-0.39, 0.29) is 5.56 Å². The summed E-state index contributed by atoms with van der Waals surface area (Å²) in [5.41, 5.74) is 0.984. The maximum Gasteiger partial charge on any atom is 0.335 e. The third-order valence-corrected chi connectivity index (χ3v) is 2.61. The second kappa shape index (κ2) is 5.50. The first kappa shape index (κ1) is 11.7. The monoisotopic (exact) mass is 227 g/mol. The van der Waals surface area contributed by atoms with Crippen molar-refractivity contribution in [2.45, 2.75) is 0 Å². The summed E-state index contributed by atoms with van der Waals surface area (Å²) >= 11 is 0. The summed E-state index contributed by atoms with van der Waals surface area (Å²) in [6.07, 6.45) is 1.63. The van der Waals surface area contributed by atoms with Gasteiger partial charge in [-0.05, 0) is 18.2 Å². The van der Waals surface area contributed by atoms with Gasteiger partial charge in [0.15, 0.2) is 0 Å². The second-order valence-electron chi connectivity index (χ2n) is 3.09. The van der Waals surface area contributed by atoms with Gasteiger partial charge in [0.1, 0.15) is 0 Å². The number of nitrogens with one attached hydrogen (secondary N) is 1. The minimum atomic E-state index is -0.947. The van der Waals surface area contributed by atoms with Crippen molar-refractivity contribution < 1.29 is 14.1 Å². The Hall–Kier alpha value is -1.36. The van der Waals surface area contributed by atoms with E-state index in [1.54, 1.807) is 24.5 Å². The lowest BCUT2D eigenvalue weighted by Crippen LogP contribution is -2.10. The Morgan fingerprint density at radius 1 is 1.53 bits per heavy atom. The third kappa shape index (κ3) is 4.12. The summed E-state index contributed by atoms with van der Waals surface area (Å²) in [5.74, 6) is -0.394. The normalized spacial score (nSPS) is 12.1. The van der Waals surface area contributed by atoms with Crippen LogP contribution in [0.4, 0.5) is 5.69 Å². The molecule has 0 aromatic heterocycles. The van der Waals surface area contributed by atoms with E-state index in [1.807, 2.05) is 0 Å². The molecule has 1 aromatic rings. The van der Waals surface area contributed by atoms with Crippen molar-refractivity contribution in [1.82, 2.24) is 0 Å². The molecule has 2 N–H and O–H groups in total. The minimum absolute atomic E-state index is 0.248. The van der Waals surface area contributed by atoms with Crippen LogP contribution in [0.25, 0.3) is 0 Å². The first-order chi connectivity index (χ1) is 7.09. The van der Waals surface area contributed by atoms with Crippen LogP contribution in [0.3, 0.4) is 0 Å². The summed E-state index contributed by atoms with van der Waals surface area (Å²) in [6.45, 7) is 0.576. The average molecular weight is 227 g/mol. The van der Waals surface area contributed by atoms with Gasteiger partial charge in [0.2, 0.25) is 0 Å². The molecule has 0 aliphatic carbocycles. The number of benzene rings is 1. The van der Waals surface area contributed by atoms with Gasteiger partial charge >= 0.3 is 5.97 Å². The van der Waals surface area contributed by atoms with Crippen LogP contribution in [-0.2, 0) is 10.8 Å². The highest BCUT2D eigenvalue weighted by molar-refractivity contribution is 7.84. The Bertz CT molecular complexity index is 379. The van der Waals surface area contributed by atoms with Crippen molar-refractivity contribution >= 4 is 22.5 Å². The smallest absolute Gasteiger partial charge is 0.335 e. The molecule has 4 nitrogen and oxygen atoms in total. The lowest BCUT2D eigenvalue weighted by atomic mass is 10.2. The number of rotatable bonds is 5. The fourth-order valence-electron chi connectivity index (χ4n) is 1.10. The lowest BCUT2D eigenvalue weighted by Gasteiger charge is -2.05. The molecule has 0 amide bonds. The largest absolute Gasteiger partial charge is 0.478 e. The molecule has 0 fully saturated rings. The molecule has 15 heavy (non-hydrogen) atoms. The summed E-state index contributed by atoms with van der Waals surface area (Å²) in [4.78, 5) is 10.7. The van der Waals surface area contributed by atoms with Crippen LogP contribution in [0, 0.1) is 0 Å². The van der Waals surface area contributed by atoms with E-state index >= 15 is 0 Å². The first-order valence-corrected chi connectivity index (χ1v) is 6.19.